The van der Waals surface area contributed by atoms with Gasteiger partial charge in [-0.25, -0.2) is 4.98 Å². The molecule has 0 saturated carbocycles. The molecule has 1 fully saturated rings. The maximum atomic E-state index is 12.8. The van der Waals surface area contributed by atoms with Crippen molar-refractivity contribution in [3.05, 3.63) is 29.8 Å². The van der Waals surface area contributed by atoms with Crippen LogP contribution in [0.4, 0.5) is 4.39 Å². The fourth-order valence-electron chi connectivity index (χ4n) is 1.96. The van der Waals surface area contributed by atoms with E-state index in [4.69, 9.17) is 0 Å². The second-order valence-electron chi connectivity index (χ2n) is 4.15. The molecule has 0 spiro atoms. The fraction of sp³-hybridized carbons (Fsp3) is 0.500. The van der Waals surface area contributed by atoms with E-state index in [-0.39, 0.29) is 11.6 Å². The molecule has 1 amide bonds. The molecule has 0 aromatic carbocycles. The topological polar surface area (TPSA) is 45.2 Å². The first-order valence-corrected chi connectivity index (χ1v) is 5.89. The van der Waals surface area contributed by atoms with Crippen LogP contribution in [0.15, 0.2) is 18.2 Å². The molecule has 1 aliphatic heterocycles. The Morgan fingerprint density at radius 1 is 1.41 bits per heavy atom. The molecule has 92 valence electrons. The Kier molecular flexibility index (Phi) is 4.03. The first-order valence-electron chi connectivity index (χ1n) is 5.89. The van der Waals surface area contributed by atoms with E-state index in [9.17, 15) is 9.18 Å². The third kappa shape index (κ3) is 3.49. The summed E-state index contributed by atoms with van der Waals surface area (Å²) in [6.45, 7) is 3.64. The lowest BCUT2D eigenvalue weighted by atomic mass is 10.3. The minimum absolute atomic E-state index is 0.131. The van der Waals surface area contributed by atoms with Crippen molar-refractivity contribution >= 4 is 5.91 Å². The molecule has 2 heterocycles. The van der Waals surface area contributed by atoms with Crippen molar-refractivity contribution in [2.24, 2.45) is 0 Å². The highest BCUT2D eigenvalue weighted by molar-refractivity contribution is 5.92. The van der Waals surface area contributed by atoms with E-state index in [0.717, 1.165) is 19.6 Å². The number of pyridine rings is 1. The number of aromatic nitrogens is 1. The number of rotatable bonds is 4. The fourth-order valence-corrected chi connectivity index (χ4v) is 1.96. The molecule has 0 aliphatic carbocycles. The number of halogens is 1. The minimum atomic E-state index is -0.628. The minimum Gasteiger partial charge on any atom is -0.349 e. The lowest BCUT2D eigenvalue weighted by Gasteiger charge is -2.14. The molecular formula is C12H16FN3O. The quantitative estimate of drug-likeness (QED) is 0.796. The van der Waals surface area contributed by atoms with Gasteiger partial charge in [0, 0.05) is 13.1 Å². The Hall–Kier alpha value is -1.49. The molecule has 0 radical (unpaired) electrons. The van der Waals surface area contributed by atoms with Crippen molar-refractivity contribution in [2.45, 2.75) is 12.8 Å². The zero-order valence-electron chi connectivity index (χ0n) is 9.66. The number of nitrogens with zero attached hydrogens (tertiary/aromatic N) is 2. The highest BCUT2D eigenvalue weighted by atomic mass is 19.1. The average molecular weight is 237 g/mol. The van der Waals surface area contributed by atoms with Crippen LogP contribution in [0, 0.1) is 5.95 Å². The molecule has 1 aromatic heterocycles. The molecule has 2 rings (SSSR count). The first kappa shape index (κ1) is 12.0. The SMILES string of the molecule is O=C(NCCN1CCCC1)c1cccc(F)n1. The van der Waals surface area contributed by atoms with Gasteiger partial charge in [0.25, 0.3) is 5.91 Å². The predicted octanol–water partition coefficient (Wildman–Crippen LogP) is 1.05. The van der Waals surface area contributed by atoms with Crippen LogP contribution in [-0.2, 0) is 0 Å². The number of carbonyl (C=O) groups excluding carboxylic acids is 1. The van der Waals surface area contributed by atoms with Crippen LogP contribution >= 0.6 is 0 Å². The van der Waals surface area contributed by atoms with Gasteiger partial charge in [-0.05, 0) is 38.1 Å². The van der Waals surface area contributed by atoms with Crippen LogP contribution in [0.5, 0.6) is 0 Å². The average Bonchev–Trinajstić information content (AvgIpc) is 2.82. The van der Waals surface area contributed by atoms with E-state index in [0.29, 0.717) is 6.54 Å². The molecule has 1 N–H and O–H groups in total. The van der Waals surface area contributed by atoms with Crippen molar-refractivity contribution in [3.63, 3.8) is 0 Å². The van der Waals surface area contributed by atoms with E-state index < -0.39 is 5.95 Å². The van der Waals surface area contributed by atoms with E-state index in [1.807, 2.05) is 0 Å². The molecule has 1 aromatic rings. The third-order valence-corrected chi connectivity index (χ3v) is 2.86. The van der Waals surface area contributed by atoms with Gasteiger partial charge in [0.2, 0.25) is 5.95 Å². The predicted molar refractivity (Wildman–Crippen MR) is 62.2 cm³/mol. The van der Waals surface area contributed by atoms with E-state index in [1.54, 1.807) is 0 Å². The molecule has 1 aliphatic rings. The van der Waals surface area contributed by atoms with Crippen LogP contribution in [0.2, 0.25) is 0 Å². The molecule has 0 bridgehead atoms. The van der Waals surface area contributed by atoms with Gasteiger partial charge in [-0.2, -0.15) is 4.39 Å². The van der Waals surface area contributed by atoms with Crippen LogP contribution in [0.1, 0.15) is 23.3 Å². The summed E-state index contributed by atoms with van der Waals surface area (Å²) < 4.78 is 12.8. The molecule has 17 heavy (non-hydrogen) atoms. The van der Waals surface area contributed by atoms with Crippen LogP contribution in [0.25, 0.3) is 0 Å². The molecule has 0 unspecified atom stereocenters. The van der Waals surface area contributed by atoms with Gasteiger partial charge in [-0.1, -0.05) is 6.07 Å². The first-order chi connectivity index (χ1) is 8.25. The number of likely N-dealkylation sites (tertiary alicyclic amines) is 1. The summed E-state index contributed by atoms with van der Waals surface area (Å²) >= 11 is 0. The lowest BCUT2D eigenvalue weighted by Crippen LogP contribution is -2.33. The summed E-state index contributed by atoms with van der Waals surface area (Å²) in [6, 6.07) is 4.22. The Labute approximate surface area is 99.8 Å². The number of nitrogens with one attached hydrogen (secondary N) is 1. The van der Waals surface area contributed by atoms with E-state index in [2.05, 4.69) is 15.2 Å². The molecule has 4 nitrogen and oxygen atoms in total. The van der Waals surface area contributed by atoms with Gasteiger partial charge >= 0.3 is 0 Å². The van der Waals surface area contributed by atoms with Gasteiger partial charge in [0.05, 0.1) is 0 Å². The second kappa shape index (κ2) is 5.72. The summed E-state index contributed by atoms with van der Waals surface area (Å²) in [6.07, 6.45) is 2.47. The van der Waals surface area contributed by atoms with E-state index in [1.165, 1.54) is 31.0 Å². The van der Waals surface area contributed by atoms with Crippen LogP contribution in [-0.4, -0.2) is 42.0 Å². The monoisotopic (exact) mass is 237 g/mol. The van der Waals surface area contributed by atoms with Crippen molar-refractivity contribution < 1.29 is 9.18 Å². The van der Waals surface area contributed by atoms with Gasteiger partial charge in [0.1, 0.15) is 5.69 Å². The summed E-state index contributed by atoms with van der Waals surface area (Å²) in [5.74, 6) is -0.944. The Morgan fingerprint density at radius 2 is 2.18 bits per heavy atom. The molecular weight excluding hydrogens is 221 g/mol. The summed E-state index contributed by atoms with van der Waals surface area (Å²) in [4.78, 5) is 17.4. The Bertz CT molecular complexity index is 391. The summed E-state index contributed by atoms with van der Waals surface area (Å²) in [7, 11) is 0. The smallest absolute Gasteiger partial charge is 0.270 e. The Morgan fingerprint density at radius 3 is 2.88 bits per heavy atom. The summed E-state index contributed by atoms with van der Waals surface area (Å²) in [5.41, 5.74) is 0.131. The highest BCUT2D eigenvalue weighted by Gasteiger charge is 2.12. The number of amides is 1. The van der Waals surface area contributed by atoms with Gasteiger partial charge in [0.15, 0.2) is 0 Å². The van der Waals surface area contributed by atoms with Gasteiger partial charge in [-0.3, -0.25) is 4.79 Å². The van der Waals surface area contributed by atoms with Crippen molar-refractivity contribution in [1.82, 2.24) is 15.2 Å². The standard InChI is InChI=1S/C12H16FN3O/c13-11-5-3-4-10(15-11)12(17)14-6-9-16-7-1-2-8-16/h3-5H,1-2,6-9H2,(H,14,17). The summed E-state index contributed by atoms with van der Waals surface area (Å²) in [5, 5.41) is 2.74. The Balaban J connectivity index is 1.77. The maximum Gasteiger partial charge on any atom is 0.270 e. The normalized spacial score (nSPS) is 16.1. The molecule has 1 saturated heterocycles. The van der Waals surface area contributed by atoms with Crippen LogP contribution < -0.4 is 5.32 Å². The maximum absolute atomic E-state index is 12.8. The highest BCUT2D eigenvalue weighted by Crippen LogP contribution is 2.05. The number of hydrogen-bond donors (Lipinski definition) is 1. The zero-order chi connectivity index (χ0) is 12.1. The van der Waals surface area contributed by atoms with Crippen molar-refractivity contribution in [3.8, 4) is 0 Å². The van der Waals surface area contributed by atoms with Crippen molar-refractivity contribution in [1.29, 1.82) is 0 Å². The largest absolute Gasteiger partial charge is 0.349 e. The zero-order valence-corrected chi connectivity index (χ0v) is 9.66. The lowest BCUT2D eigenvalue weighted by molar-refractivity contribution is 0.0943. The molecule has 5 heteroatoms. The van der Waals surface area contributed by atoms with Crippen molar-refractivity contribution in [2.75, 3.05) is 26.2 Å². The van der Waals surface area contributed by atoms with E-state index >= 15 is 0 Å². The van der Waals surface area contributed by atoms with Gasteiger partial charge in [-0.15, -0.1) is 0 Å². The van der Waals surface area contributed by atoms with Crippen LogP contribution in [0.3, 0.4) is 0 Å². The second-order valence-corrected chi connectivity index (χ2v) is 4.15. The molecule has 0 atom stereocenters. The third-order valence-electron chi connectivity index (χ3n) is 2.86. The number of hydrogen-bond acceptors (Lipinski definition) is 3. The van der Waals surface area contributed by atoms with Gasteiger partial charge < -0.3 is 10.2 Å². The number of carbonyl (C=O) groups is 1.